The first-order valence-electron chi connectivity index (χ1n) is 15.2. The second-order valence-electron chi connectivity index (χ2n) is 11.3. The molecule has 2 aromatic heterocycles. The van der Waals surface area contributed by atoms with Crippen LogP contribution in [0, 0.1) is 0 Å². The Morgan fingerprint density at radius 1 is 0.333 bits per heavy atom. The normalized spacial score (nSPS) is 11.6. The topological polar surface area (TPSA) is 29.5 Å². The second-order valence-corrected chi connectivity index (χ2v) is 11.3. The molecule has 9 aromatic rings. The van der Waals surface area contributed by atoms with Crippen molar-refractivity contribution in [1.29, 1.82) is 0 Å². The summed E-state index contributed by atoms with van der Waals surface area (Å²) < 4.78 is 12.5. The summed E-state index contributed by atoms with van der Waals surface area (Å²) in [5.41, 5.74) is 11.4. The van der Waals surface area contributed by atoms with E-state index in [1.807, 2.05) is 30.3 Å². The number of fused-ring (bicyclic) bond motifs is 6. The summed E-state index contributed by atoms with van der Waals surface area (Å²) in [7, 11) is 0. The Bertz CT molecular complexity index is 2490. The molecule has 45 heavy (non-hydrogen) atoms. The van der Waals surface area contributed by atoms with Crippen molar-refractivity contribution < 1.29 is 8.83 Å². The Labute approximate surface area is 260 Å². The largest absolute Gasteiger partial charge is 0.456 e. The third-order valence-corrected chi connectivity index (χ3v) is 8.69. The molecule has 0 spiro atoms. The molecule has 2 heterocycles. The van der Waals surface area contributed by atoms with E-state index in [4.69, 9.17) is 8.83 Å². The molecule has 3 heteroatoms. The minimum Gasteiger partial charge on any atom is -0.456 e. The van der Waals surface area contributed by atoms with Gasteiger partial charge in [0.1, 0.15) is 22.3 Å². The lowest BCUT2D eigenvalue weighted by atomic mass is 9.98. The van der Waals surface area contributed by atoms with E-state index < -0.39 is 0 Å². The van der Waals surface area contributed by atoms with Gasteiger partial charge in [-0.25, -0.2) is 0 Å². The average Bonchev–Trinajstić information content (AvgIpc) is 3.68. The minimum atomic E-state index is 0.867. The maximum absolute atomic E-state index is 6.34. The van der Waals surface area contributed by atoms with Crippen LogP contribution in [0.25, 0.3) is 66.1 Å². The van der Waals surface area contributed by atoms with Crippen molar-refractivity contribution in [3.8, 4) is 22.3 Å². The fraction of sp³-hybridized carbons (Fsp3) is 0. The molecule has 212 valence electrons. The summed E-state index contributed by atoms with van der Waals surface area (Å²) in [6.07, 6.45) is 0. The average molecular weight is 578 g/mol. The van der Waals surface area contributed by atoms with E-state index in [1.54, 1.807) is 0 Å². The van der Waals surface area contributed by atoms with Crippen molar-refractivity contribution in [3.63, 3.8) is 0 Å². The van der Waals surface area contributed by atoms with Gasteiger partial charge in [0, 0.05) is 27.4 Å². The van der Waals surface area contributed by atoms with E-state index in [0.29, 0.717) is 0 Å². The molecule has 0 fully saturated rings. The van der Waals surface area contributed by atoms with Gasteiger partial charge in [0.15, 0.2) is 0 Å². The molecule has 3 nitrogen and oxygen atoms in total. The Morgan fingerprint density at radius 3 is 1.60 bits per heavy atom. The van der Waals surface area contributed by atoms with Gasteiger partial charge in [-0.1, -0.05) is 115 Å². The van der Waals surface area contributed by atoms with Crippen LogP contribution in [0.15, 0.2) is 173 Å². The Morgan fingerprint density at radius 2 is 0.844 bits per heavy atom. The number of furan rings is 2. The van der Waals surface area contributed by atoms with Gasteiger partial charge in [-0.05, 0) is 65.2 Å². The van der Waals surface area contributed by atoms with Gasteiger partial charge in [-0.2, -0.15) is 0 Å². The van der Waals surface area contributed by atoms with Crippen molar-refractivity contribution in [3.05, 3.63) is 164 Å². The molecule has 0 unspecified atom stereocenters. The molecule has 0 amide bonds. The van der Waals surface area contributed by atoms with Crippen LogP contribution in [-0.4, -0.2) is 0 Å². The van der Waals surface area contributed by atoms with Crippen LogP contribution in [0.3, 0.4) is 0 Å². The van der Waals surface area contributed by atoms with Crippen molar-refractivity contribution in [2.75, 3.05) is 4.90 Å². The molecular weight excluding hydrogens is 550 g/mol. The Hall–Kier alpha value is -6.06. The predicted molar refractivity (Wildman–Crippen MR) is 187 cm³/mol. The third kappa shape index (κ3) is 4.13. The highest BCUT2D eigenvalue weighted by molar-refractivity contribution is 6.14. The number of para-hydroxylation sites is 3. The molecule has 0 N–H and O–H groups in total. The quantitative estimate of drug-likeness (QED) is 0.204. The van der Waals surface area contributed by atoms with E-state index in [9.17, 15) is 0 Å². The fourth-order valence-corrected chi connectivity index (χ4v) is 6.69. The molecular formula is C42H27NO2. The van der Waals surface area contributed by atoms with Gasteiger partial charge in [0.05, 0.1) is 16.8 Å². The van der Waals surface area contributed by atoms with Gasteiger partial charge >= 0.3 is 0 Å². The molecule has 0 atom stereocenters. The third-order valence-electron chi connectivity index (χ3n) is 8.69. The number of hydrogen-bond acceptors (Lipinski definition) is 3. The Kier molecular flexibility index (Phi) is 5.82. The first-order valence-corrected chi connectivity index (χ1v) is 15.2. The first-order chi connectivity index (χ1) is 22.3. The zero-order valence-electron chi connectivity index (χ0n) is 24.4. The van der Waals surface area contributed by atoms with Crippen LogP contribution in [0.2, 0.25) is 0 Å². The van der Waals surface area contributed by atoms with Crippen LogP contribution < -0.4 is 4.90 Å². The lowest BCUT2D eigenvalue weighted by molar-refractivity contribution is 0.668. The van der Waals surface area contributed by atoms with Gasteiger partial charge in [-0.3, -0.25) is 0 Å². The number of anilines is 3. The maximum Gasteiger partial charge on any atom is 0.137 e. The molecule has 0 aliphatic rings. The number of hydrogen-bond donors (Lipinski definition) is 0. The van der Waals surface area contributed by atoms with Gasteiger partial charge in [-0.15, -0.1) is 0 Å². The van der Waals surface area contributed by atoms with Crippen molar-refractivity contribution in [2.24, 2.45) is 0 Å². The van der Waals surface area contributed by atoms with Crippen LogP contribution >= 0.6 is 0 Å². The molecule has 0 saturated heterocycles. The smallest absolute Gasteiger partial charge is 0.137 e. The van der Waals surface area contributed by atoms with Gasteiger partial charge in [0.2, 0.25) is 0 Å². The van der Waals surface area contributed by atoms with Crippen molar-refractivity contribution in [1.82, 2.24) is 0 Å². The van der Waals surface area contributed by atoms with Crippen LogP contribution in [0.4, 0.5) is 17.1 Å². The van der Waals surface area contributed by atoms with E-state index in [-0.39, 0.29) is 0 Å². The predicted octanol–water partition coefficient (Wildman–Crippen LogP) is 12.3. The van der Waals surface area contributed by atoms with E-state index in [0.717, 1.165) is 83.2 Å². The minimum absolute atomic E-state index is 0.867. The lowest BCUT2D eigenvalue weighted by Gasteiger charge is -2.28. The fourth-order valence-electron chi connectivity index (χ4n) is 6.69. The SMILES string of the molecule is c1ccc(-c2ccccc2N(c2ccc(-c3cccc4oc5ccccc5c34)cc2)c2cccc3oc4ccccc4c23)cc1. The van der Waals surface area contributed by atoms with Crippen molar-refractivity contribution in [2.45, 2.75) is 0 Å². The highest BCUT2D eigenvalue weighted by Crippen LogP contribution is 2.46. The summed E-state index contributed by atoms with van der Waals surface area (Å²) in [5, 5.41) is 4.46. The molecule has 9 rings (SSSR count). The molecule has 0 aliphatic carbocycles. The van der Waals surface area contributed by atoms with Crippen LogP contribution in [-0.2, 0) is 0 Å². The monoisotopic (exact) mass is 577 g/mol. The van der Waals surface area contributed by atoms with Crippen LogP contribution in [0.5, 0.6) is 0 Å². The van der Waals surface area contributed by atoms with E-state index in [1.165, 1.54) is 0 Å². The molecule has 0 saturated carbocycles. The van der Waals surface area contributed by atoms with Crippen LogP contribution in [0.1, 0.15) is 0 Å². The molecule has 0 bridgehead atoms. The highest BCUT2D eigenvalue weighted by atomic mass is 16.3. The molecule has 0 aliphatic heterocycles. The maximum atomic E-state index is 6.34. The zero-order chi connectivity index (χ0) is 29.7. The number of benzene rings is 7. The zero-order valence-corrected chi connectivity index (χ0v) is 24.4. The highest BCUT2D eigenvalue weighted by Gasteiger charge is 2.22. The van der Waals surface area contributed by atoms with Gasteiger partial charge in [0.25, 0.3) is 0 Å². The number of nitrogens with zero attached hydrogens (tertiary/aromatic N) is 1. The Balaban J connectivity index is 1.27. The van der Waals surface area contributed by atoms with Crippen molar-refractivity contribution >= 4 is 60.9 Å². The summed E-state index contributed by atoms with van der Waals surface area (Å²) in [6.45, 7) is 0. The molecule has 7 aromatic carbocycles. The summed E-state index contributed by atoms with van der Waals surface area (Å²) in [6, 6.07) is 57.3. The lowest BCUT2D eigenvalue weighted by Crippen LogP contribution is -2.11. The second kappa shape index (κ2) is 10.3. The molecule has 0 radical (unpaired) electrons. The summed E-state index contributed by atoms with van der Waals surface area (Å²) in [5.74, 6) is 0. The summed E-state index contributed by atoms with van der Waals surface area (Å²) in [4.78, 5) is 2.37. The standard InChI is InChI=1S/C42H27NO2/c1-2-12-28(13-3-1)31-14-4-7-18-35(31)43(36-19-11-23-40-42(36)34-16-6-9-21-38(34)45-40)30-26-24-29(25-27-30)32-17-10-22-39-41(32)33-15-5-8-20-37(33)44-39/h1-27H. The van der Waals surface area contributed by atoms with E-state index >= 15 is 0 Å². The van der Waals surface area contributed by atoms with E-state index in [2.05, 4.69) is 138 Å². The first kappa shape index (κ1) is 25.4. The number of rotatable bonds is 5. The summed E-state index contributed by atoms with van der Waals surface area (Å²) >= 11 is 0. The van der Waals surface area contributed by atoms with Gasteiger partial charge < -0.3 is 13.7 Å².